The van der Waals surface area contributed by atoms with Crippen molar-refractivity contribution in [1.82, 2.24) is 34.6 Å². The number of carbonyl (C=O) groups excluding carboxylic acids is 1. The van der Waals surface area contributed by atoms with E-state index < -0.39 is 11.2 Å². The van der Waals surface area contributed by atoms with Gasteiger partial charge in [0, 0.05) is 146 Å². The van der Waals surface area contributed by atoms with Crippen LogP contribution >= 0.6 is 15.9 Å². The van der Waals surface area contributed by atoms with Gasteiger partial charge in [-0.1, -0.05) is 43.6 Å². The maximum atomic E-state index is 14.6. The van der Waals surface area contributed by atoms with Crippen molar-refractivity contribution in [3.05, 3.63) is 108 Å². The normalized spacial score (nSPS) is 31.7. The number of alkyl halides is 1. The van der Waals surface area contributed by atoms with Crippen LogP contribution in [0.2, 0.25) is 0 Å². The van der Waals surface area contributed by atoms with Gasteiger partial charge in [0.2, 0.25) is 0 Å². The molecule has 13 aliphatic rings. The van der Waals surface area contributed by atoms with Gasteiger partial charge in [-0.3, -0.25) is 24.7 Å². The molecule has 11 nitrogen and oxygen atoms in total. The van der Waals surface area contributed by atoms with E-state index in [0.717, 1.165) is 138 Å². The second-order valence-corrected chi connectivity index (χ2v) is 28.6. The van der Waals surface area contributed by atoms with Gasteiger partial charge in [-0.05, 0) is 179 Å². The SMILES string of the molecule is CC(C)(C)[O-].CCc1c(C)c(C)nc(C)c1F.Cc1nc(C)c(F)c(CBr)c1C.Cc1nc(C)c(F)c(CC2(O)C3CC4CC2CN(C4)C3)c1C.Cc1nc(C)c2c(c1C)CC1(O2)C2CC3CC1CN(C3)C2.O=C1C2CC3CC1CN(C3)C2.[K+]. The molecule has 4 aromatic rings. The van der Waals surface area contributed by atoms with Crippen LogP contribution in [0.5, 0.6) is 5.75 Å². The Balaban J connectivity index is 0.000000138. The summed E-state index contributed by atoms with van der Waals surface area (Å²) in [6.07, 6.45) is 9.69. The Kier molecular flexibility index (Phi) is 21.5. The number of aromatic nitrogens is 4. The monoisotopic (exact) mass is 1250 g/mol. The Bertz CT molecular complexity index is 2860. The van der Waals surface area contributed by atoms with Crippen LogP contribution in [0, 0.1) is 154 Å². The number of halogens is 4. The zero-order chi connectivity index (χ0) is 60.5. The van der Waals surface area contributed by atoms with Gasteiger partial charge in [-0.2, -0.15) is 0 Å². The number of ketones is 1. The van der Waals surface area contributed by atoms with Crippen LogP contribution in [-0.2, 0) is 29.4 Å². The quantitative estimate of drug-likeness (QED) is 0.156. The average molecular weight is 1250 g/mol. The molecule has 1 spiro atoms. The molecule has 14 heterocycles. The smallest absolute Gasteiger partial charge is 0.850 e. The molecule has 17 rings (SSSR count). The minimum Gasteiger partial charge on any atom is -0.850 e. The van der Waals surface area contributed by atoms with Crippen LogP contribution in [0.3, 0.4) is 0 Å². The Morgan fingerprint density at radius 3 is 1.33 bits per heavy atom. The van der Waals surface area contributed by atoms with Gasteiger partial charge in [-0.25, -0.2) is 13.2 Å². The van der Waals surface area contributed by atoms with Crippen molar-refractivity contribution in [2.75, 3.05) is 58.9 Å². The predicted molar refractivity (Wildman–Crippen MR) is 325 cm³/mol. The summed E-state index contributed by atoms with van der Waals surface area (Å²) < 4.78 is 48.1. The third-order valence-corrected chi connectivity index (χ3v) is 21.7. The van der Waals surface area contributed by atoms with E-state index in [1.807, 2.05) is 48.5 Å². The molecule has 0 amide bonds. The molecule has 0 aromatic carbocycles. The van der Waals surface area contributed by atoms with E-state index in [0.29, 0.717) is 63.9 Å². The fourth-order valence-electron chi connectivity index (χ4n) is 16.7. The minimum atomic E-state index is -0.750. The number of carbonyl (C=O) groups is 1. The van der Waals surface area contributed by atoms with Crippen molar-refractivity contribution in [1.29, 1.82) is 0 Å². The number of aliphatic hydroxyl groups is 1. The van der Waals surface area contributed by atoms with Crippen LogP contribution in [0.15, 0.2) is 0 Å². The Hall–Kier alpha value is -2.22. The standard InChI is InChI=1S/C18H25FN2O.C18H24N2O.C10H14FN.C9H11BrFN.C9H13NO.C4H9O.K/c1-10-11(2)20-12(3)17(19)16(10)6-18(22)14-4-13-5-15(18)9-21(7-13)8-14;1-10-11(2)19-12(3)17-16(10)6-18(21-17)14-4-13-5-15(18)9-20(7-13)8-14;1-5-9-6(2)7(3)12-8(4)10(9)11;1-5-6(2)12-7(3)9(11)8(5)4-10;11-9-7-1-6-2-8(9)5-10(3-6)4-7;1-4(2,3)5;/h13-15,22H,4-9H2,1-3H3;13-15H,4-9H2,1-3H3;5H2,1-4H3;4H2,1-3H3;6-8H,1-5H2;1-3H3;/q;;;;;-1;+1. The van der Waals surface area contributed by atoms with Gasteiger partial charge < -0.3 is 29.6 Å². The maximum Gasteiger partial charge on any atom is 1.00 e. The van der Waals surface area contributed by atoms with Crippen LogP contribution < -0.4 is 61.2 Å². The van der Waals surface area contributed by atoms with Crippen molar-refractivity contribution >= 4 is 21.7 Å². The van der Waals surface area contributed by atoms with E-state index in [1.54, 1.807) is 41.5 Å². The number of nitrogens with zero attached hydrogens (tertiary/aromatic N) is 7. The Labute approximate surface area is 551 Å². The van der Waals surface area contributed by atoms with E-state index in [9.17, 15) is 28.2 Å². The molecular formula is C68H96BrF3KN7O4. The van der Waals surface area contributed by atoms with Gasteiger partial charge in [0.05, 0.1) is 28.4 Å². The summed E-state index contributed by atoms with van der Waals surface area (Å²) in [5.41, 5.74) is 12.9. The molecule has 3 aliphatic carbocycles. The largest absolute Gasteiger partial charge is 1.00 e. The summed E-state index contributed by atoms with van der Waals surface area (Å²) in [7, 11) is 0. The van der Waals surface area contributed by atoms with Gasteiger partial charge in [-0.15, -0.1) is 5.60 Å². The molecule has 9 saturated heterocycles. The second-order valence-electron chi connectivity index (χ2n) is 28.1. The van der Waals surface area contributed by atoms with E-state index in [4.69, 9.17) is 9.72 Å². The van der Waals surface area contributed by atoms with Gasteiger partial charge in [0.25, 0.3) is 0 Å². The van der Waals surface area contributed by atoms with Crippen molar-refractivity contribution < 1.29 is 84.3 Å². The Morgan fingerprint density at radius 2 is 0.905 bits per heavy atom. The predicted octanol–water partition coefficient (Wildman–Crippen LogP) is 8.47. The molecule has 0 radical (unpaired) electrons. The maximum absolute atomic E-state index is 14.6. The number of hydrogen-bond acceptors (Lipinski definition) is 11. The molecule has 1 N–H and O–H groups in total. The second kappa shape index (κ2) is 26.7. The van der Waals surface area contributed by atoms with Crippen LogP contribution in [0.1, 0.15) is 156 Å². The Morgan fingerprint density at radius 1 is 0.548 bits per heavy atom. The summed E-state index contributed by atoms with van der Waals surface area (Å²) in [5.74, 6) is 6.63. The number of Topliss-reactive ketones (excluding diaryl/α,β-unsaturated/α-hetero) is 1. The van der Waals surface area contributed by atoms with Crippen molar-refractivity contribution in [3.63, 3.8) is 0 Å². The third kappa shape index (κ3) is 13.9. The molecule has 456 valence electrons. The van der Waals surface area contributed by atoms with E-state index in [2.05, 4.69) is 66.4 Å². The van der Waals surface area contributed by atoms with Crippen molar-refractivity contribution in [2.24, 2.45) is 53.3 Å². The molecule has 84 heavy (non-hydrogen) atoms. The fraction of sp³-hybridized carbons (Fsp3) is 0.691. The first-order valence-electron chi connectivity index (χ1n) is 31.1. The van der Waals surface area contributed by atoms with E-state index >= 15 is 0 Å². The average Bonchev–Trinajstić information content (AvgIpc) is 1.46. The number of ether oxygens (including phenoxy) is 1. The summed E-state index contributed by atoms with van der Waals surface area (Å²) in [6, 6.07) is 0. The first kappa shape index (κ1) is 67.7. The van der Waals surface area contributed by atoms with Crippen molar-refractivity contribution in [3.8, 4) is 5.75 Å². The molecule has 12 bridgehead atoms. The molecule has 6 atom stereocenters. The number of piperidine rings is 9. The molecule has 6 unspecified atom stereocenters. The topological polar surface area (TPSA) is 131 Å². The number of fused-ring (bicyclic) bond motifs is 1. The first-order valence-corrected chi connectivity index (χ1v) is 32.3. The number of aryl methyl sites for hydroxylation is 8. The van der Waals surface area contributed by atoms with Gasteiger partial charge in [0.15, 0.2) is 0 Å². The van der Waals surface area contributed by atoms with Crippen LogP contribution in [-0.4, -0.2) is 121 Å². The number of hydrogen-bond donors (Lipinski definition) is 1. The number of rotatable bonds is 4. The fourth-order valence-corrected chi connectivity index (χ4v) is 17.4. The first-order chi connectivity index (χ1) is 38.9. The zero-order valence-electron chi connectivity index (χ0n) is 53.9. The molecule has 12 fully saturated rings. The zero-order valence-corrected chi connectivity index (χ0v) is 58.7. The van der Waals surface area contributed by atoms with Crippen molar-refractivity contribution in [2.45, 2.75) is 191 Å². The molecule has 10 aliphatic heterocycles. The van der Waals surface area contributed by atoms with Crippen LogP contribution in [0.25, 0.3) is 0 Å². The van der Waals surface area contributed by atoms with Gasteiger partial charge >= 0.3 is 51.4 Å². The third-order valence-electron chi connectivity index (χ3n) is 21.1. The molecular weight excluding hydrogens is 1150 g/mol. The summed E-state index contributed by atoms with van der Waals surface area (Å²) in [6.45, 7) is 40.4. The summed E-state index contributed by atoms with van der Waals surface area (Å²) in [4.78, 5) is 36.4. The molecule has 16 heteroatoms. The minimum absolute atomic E-state index is 0. The molecule has 3 saturated carbocycles. The summed E-state index contributed by atoms with van der Waals surface area (Å²) >= 11 is 3.26. The van der Waals surface area contributed by atoms with E-state index in [-0.39, 0.29) is 74.4 Å². The van der Waals surface area contributed by atoms with Gasteiger partial charge in [0.1, 0.15) is 34.6 Å². The van der Waals surface area contributed by atoms with Crippen LogP contribution in [0.4, 0.5) is 13.2 Å². The van der Waals surface area contributed by atoms with E-state index in [1.165, 1.54) is 75.2 Å². The summed E-state index contributed by atoms with van der Waals surface area (Å²) in [5, 5.41) is 22.1. The number of pyridine rings is 4. The molecule has 4 aromatic heterocycles.